The van der Waals surface area contributed by atoms with Gasteiger partial charge in [-0.05, 0) is 24.9 Å². The van der Waals surface area contributed by atoms with E-state index in [4.69, 9.17) is 18.0 Å². The molecule has 0 radical (unpaired) electrons. The molecule has 1 atom stereocenters. The molecule has 0 aromatic carbocycles. The van der Waals surface area contributed by atoms with E-state index in [1.165, 1.54) is 0 Å². The van der Waals surface area contributed by atoms with Crippen LogP contribution in [0.3, 0.4) is 0 Å². The highest BCUT2D eigenvalue weighted by molar-refractivity contribution is 7.80. The van der Waals surface area contributed by atoms with Gasteiger partial charge in [0.25, 0.3) is 5.91 Å². The van der Waals surface area contributed by atoms with Gasteiger partial charge in [0.05, 0.1) is 10.7 Å². The van der Waals surface area contributed by atoms with Crippen LogP contribution < -0.4 is 5.73 Å². The van der Waals surface area contributed by atoms with Gasteiger partial charge >= 0.3 is 0 Å². The molecule has 0 aliphatic carbocycles. The first-order valence-corrected chi connectivity index (χ1v) is 7.09. The van der Waals surface area contributed by atoms with E-state index >= 15 is 0 Å². The first-order valence-electron chi connectivity index (χ1n) is 5.91. The Labute approximate surface area is 117 Å². The highest BCUT2D eigenvalue weighted by Crippen LogP contribution is 2.15. The number of hydrogen-bond donors (Lipinski definition) is 1. The van der Waals surface area contributed by atoms with Crippen LogP contribution in [-0.2, 0) is 6.42 Å². The molecule has 5 nitrogen and oxygen atoms in total. The molecule has 1 amide bonds. The van der Waals surface area contributed by atoms with E-state index in [9.17, 15) is 4.79 Å². The zero-order chi connectivity index (χ0) is 13.7. The largest absolute Gasteiger partial charge is 0.393 e. The van der Waals surface area contributed by atoms with Gasteiger partial charge in [-0.3, -0.25) is 4.79 Å². The molecule has 0 aliphatic rings. The van der Waals surface area contributed by atoms with Crippen LogP contribution in [0.2, 0.25) is 0 Å². The van der Waals surface area contributed by atoms with Crippen molar-refractivity contribution in [3.63, 3.8) is 0 Å². The van der Waals surface area contributed by atoms with E-state index in [2.05, 4.69) is 9.59 Å². The minimum atomic E-state index is -0.0348. The Balaban J connectivity index is 2.83. The van der Waals surface area contributed by atoms with Crippen molar-refractivity contribution in [2.45, 2.75) is 27.2 Å². The summed E-state index contributed by atoms with van der Waals surface area (Å²) in [5.41, 5.74) is 6.34. The molecule has 0 bridgehead atoms. The number of thiocarbonyl (C=S) groups is 1. The number of hydrogen-bond acceptors (Lipinski definition) is 5. The minimum absolute atomic E-state index is 0.00913. The predicted octanol–water partition coefficient (Wildman–Crippen LogP) is 1.48. The minimum Gasteiger partial charge on any atom is -0.393 e. The zero-order valence-corrected chi connectivity index (χ0v) is 12.5. The summed E-state index contributed by atoms with van der Waals surface area (Å²) in [7, 11) is 0. The van der Waals surface area contributed by atoms with Crippen molar-refractivity contribution >= 4 is 34.6 Å². The van der Waals surface area contributed by atoms with Crippen LogP contribution in [-0.4, -0.2) is 38.5 Å². The Morgan fingerprint density at radius 1 is 1.56 bits per heavy atom. The summed E-state index contributed by atoms with van der Waals surface area (Å²) < 4.78 is 3.84. The highest BCUT2D eigenvalue weighted by atomic mass is 32.1. The molecule has 1 aromatic heterocycles. The third kappa shape index (κ3) is 3.46. The van der Waals surface area contributed by atoms with Crippen LogP contribution in [0.15, 0.2) is 0 Å². The second kappa shape index (κ2) is 6.75. The Kier molecular flexibility index (Phi) is 5.61. The fourth-order valence-corrected chi connectivity index (χ4v) is 2.32. The second-order valence-corrected chi connectivity index (χ2v) is 5.28. The van der Waals surface area contributed by atoms with Gasteiger partial charge in [-0.15, -0.1) is 5.10 Å². The summed E-state index contributed by atoms with van der Waals surface area (Å²) >= 11 is 6.08. The molecule has 1 unspecified atom stereocenters. The Bertz CT molecular complexity index is 432. The van der Waals surface area contributed by atoms with E-state index in [-0.39, 0.29) is 11.8 Å². The fourth-order valence-electron chi connectivity index (χ4n) is 1.52. The third-order valence-electron chi connectivity index (χ3n) is 2.73. The van der Waals surface area contributed by atoms with Gasteiger partial charge < -0.3 is 10.6 Å². The van der Waals surface area contributed by atoms with Gasteiger partial charge in [0.2, 0.25) is 0 Å². The average Bonchev–Trinajstić information content (AvgIpc) is 2.82. The second-order valence-electron chi connectivity index (χ2n) is 4.05. The summed E-state index contributed by atoms with van der Waals surface area (Å²) in [6, 6.07) is 0. The summed E-state index contributed by atoms with van der Waals surface area (Å²) in [5, 5.41) is 3.96. The van der Waals surface area contributed by atoms with Gasteiger partial charge in [0.15, 0.2) is 0 Å². The first kappa shape index (κ1) is 15.0. The molecule has 100 valence electrons. The maximum absolute atomic E-state index is 12.3. The lowest BCUT2D eigenvalue weighted by atomic mass is 10.1. The van der Waals surface area contributed by atoms with Crippen molar-refractivity contribution in [3.05, 3.63) is 10.6 Å². The van der Waals surface area contributed by atoms with Crippen LogP contribution in [0.1, 0.15) is 36.1 Å². The molecule has 0 aliphatic heterocycles. The molecule has 1 aromatic rings. The molecule has 0 saturated carbocycles. The van der Waals surface area contributed by atoms with Crippen molar-refractivity contribution in [1.82, 2.24) is 14.5 Å². The third-order valence-corrected chi connectivity index (χ3v) is 3.89. The first-order chi connectivity index (χ1) is 8.51. The van der Waals surface area contributed by atoms with Gasteiger partial charge in [0, 0.05) is 19.0 Å². The quantitative estimate of drug-likeness (QED) is 0.802. The van der Waals surface area contributed by atoms with E-state index in [0.29, 0.717) is 29.4 Å². The van der Waals surface area contributed by atoms with Crippen molar-refractivity contribution in [2.24, 2.45) is 11.7 Å². The lowest BCUT2D eigenvalue weighted by Crippen LogP contribution is -2.38. The van der Waals surface area contributed by atoms with E-state index < -0.39 is 0 Å². The monoisotopic (exact) mass is 286 g/mol. The van der Waals surface area contributed by atoms with Gasteiger partial charge in [-0.25, -0.2) is 0 Å². The van der Waals surface area contributed by atoms with Crippen molar-refractivity contribution < 1.29 is 4.79 Å². The maximum atomic E-state index is 12.3. The van der Waals surface area contributed by atoms with Gasteiger partial charge in [-0.2, -0.15) is 0 Å². The number of aryl methyl sites for hydroxylation is 1. The summed E-state index contributed by atoms with van der Waals surface area (Å²) in [6.07, 6.45) is 0.708. The smallest absolute Gasteiger partial charge is 0.267 e. The molecular weight excluding hydrogens is 268 g/mol. The molecule has 18 heavy (non-hydrogen) atoms. The van der Waals surface area contributed by atoms with Crippen molar-refractivity contribution in [3.8, 4) is 0 Å². The average molecular weight is 286 g/mol. The maximum Gasteiger partial charge on any atom is 0.267 e. The number of nitrogens with zero attached hydrogens (tertiary/aromatic N) is 3. The summed E-state index contributed by atoms with van der Waals surface area (Å²) in [4.78, 5) is 15.1. The van der Waals surface area contributed by atoms with Crippen molar-refractivity contribution in [2.75, 3.05) is 13.1 Å². The van der Waals surface area contributed by atoms with Gasteiger partial charge in [-0.1, -0.05) is 30.6 Å². The number of nitrogens with two attached hydrogens (primary N) is 1. The molecule has 2 N–H and O–H groups in total. The van der Waals surface area contributed by atoms with Crippen LogP contribution in [0.25, 0.3) is 0 Å². The molecular formula is C11H18N4OS2. The van der Waals surface area contributed by atoms with Crippen LogP contribution in [0.4, 0.5) is 0 Å². The lowest BCUT2D eigenvalue weighted by Gasteiger charge is -2.23. The number of carbonyl (C=O) groups excluding carboxylic acids is 1. The number of amides is 1. The Morgan fingerprint density at radius 2 is 2.22 bits per heavy atom. The summed E-state index contributed by atoms with van der Waals surface area (Å²) in [5.74, 6) is -0.0256. The van der Waals surface area contributed by atoms with E-state index in [0.717, 1.165) is 17.2 Å². The van der Waals surface area contributed by atoms with Crippen molar-refractivity contribution in [1.29, 1.82) is 0 Å². The van der Waals surface area contributed by atoms with Crippen LogP contribution in [0.5, 0.6) is 0 Å². The normalized spacial score (nSPS) is 12.2. The SMILES string of the molecule is CCc1nnsc1C(=O)N(CC)CC(C)C(N)=S. The molecule has 0 fully saturated rings. The Hall–Kier alpha value is -1.08. The zero-order valence-electron chi connectivity index (χ0n) is 10.8. The van der Waals surface area contributed by atoms with E-state index in [1.54, 1.807) is 4.90 Å². The highest BCUT2D eigenvalue weighted by Gasteiger charge is 2.22. The topological polar surface area (TPSA) is 72.1 Å². The number of carbonyl (C=O) groups is 1. The van der Waals surface area contributed by atoms with Gasteiger partial charge in [0.1, 0.15) is 4.88 Å². The summed E-state index contributed by atoms with van der Waals surface area (Å²) in [6.45, 7) is 6.97. The molecule has 1 heterocycles. The molecule has 7 heteroatoms. The van der Waals surface area contributed by atoms with Crippen LogP contribution >= 0.6 is 23.8 Å². The Morgan fingerprint density at radius 3 is 2.72 bits per heavy atom. The predicted molar refractivity (Wildman–Crippen MR) is 76.8 cm³/mol. The lowest BCUT2D eigenvalue weighted by molar-refractivity contribution is 0.0758. The molecule has 1 rings (SSSR count). The number of rotatable bonds is 6. The van der Waals surface area contributed by atoms with Crippen LogP contribution in [0, 0.1) is 5.92 Å². The molecule has 0 spiro atoms. The fraction of sp³-hybridized carbons (Fsp3) is 0.636. The molecule has 0 saturated heterocycles. The standard InChI is InChI=1S/C11H18N4OS2/c1-4-8-9(18-14-13-8)11(16)15(5-2)6-7(3)10(12)17/h7H,4-6H2,1-3H3,(H2,12,17). The van der Waals surface area contributed by atoms with E-state index in [1.807, 2.05) is 20.8 Å². The number of aromatic nitrogens is 2.